The van der Waals surface area contributed by atoms with Gasteiger partial charge in [-0.1, -0.05) is 25.5 Å². The lowest BCUT2D eigenvalue weighted by atomic mass is 9.94. The first-order chi connectivity index (χ1) is 9.62. The molecular weight excluding hydrogens is 252 g/mol. The molecule has 0 heterocycles. The highest BCUT2D eigenvalue weighted by molar-refractivity contribution is 5.91. The SMILES string of the molecule is CCCC(COC)NC(=O)C1(c2ccc(N)cc2)CC1. The quantitative estimate of drug-likeness (QED) is 0.751. The molecule has 3 N–H and O–H groups in total. The molecule has 1 saturated carbocycles. The van der Waals surface area contributed by atoms with Gasteiger partial charge in [-0.25, -0.2) is 0 Å². The molecule has 4 heteroatoms. The maximum absolute atomic E-state index is 12.6. The molecular formula is C16H24N2O2. The van der Waals surface area contributed by atoms with Crippen molar-refractivity contribution in [2.45, 2.75) is 44.1 Å². The number of hydrogen-bond acceptors (Lipinski definition) is 3. The van der Waals surface area contributed by atoms with Crippen LogP contribution in [0.5, 0.6) is 0 Å². The standard InChI is InChI=1S/C16H24N2O2/c1-3-4-14(11-20-2)18-15(19)16(9-10-16)12-5-7-13(17)8-6-12/h5-8,14H,3-4,9-11,17H2,1-2H3,(H,18,19). The van der Waals surface area contributed by atoms with Gasteiger partial charge < -0.3 is 15.8 Å². The molecule has 2 rings (SSSR count). The largest absolute Gasteiger partial charge is 0.399 e. The number of nitrogen functional groups attached to an aromatic ring is 1. The number of amides is 1. The van der Waals surface area contributed by atoms with Crippen LogP contribution in [-0.4, -0.2) is 25.7 Å². The first kappa shape index (κ1) is 14.9. The minimum atomic E-state index is -0.340. The molecule has 1 amide bonds. The fraction of sp³-hybridized carbons (Fsp3) is 0.562. The summed E-state index contributed by atoms with van der Waals surface area (Å²) in [4.78, 5) is 12.6. The Bertz CT molecular complexity index is 446. The topological polar surface area (TPSA) is 64.3 Å². The molecule has 1 unspecified atom stereocenters. The third-order valence-electron chi connectivity index (χ3n) is 3.99. The zero-order valence-electron chi connectivity index (χ0n) is 12.3. The average Bonchev–Trinajstić information content (AvgIpc) is 3.21. The van der Waals surface area contributed by atoms with Crippen molar-refractivity contribution in [2.75, 3.05) is 19.5 Å². The number of rotatable bonds is 7. The fourth-order valence-electron chi connectivity index (χ4n) is 2.64. The summed E-state index contributed by atoms with van der Waals surface area (Å²) < 4.78 is 5.18. The summed E-state index contributed by atoms with van der Waals surface area (Å²) in [5, 5.41) is 3.14. The lowest BCUT2D eigenvalue weighted by Gasteiger charge is -2.22. The molecule has 20 heavy (non-hydrogen) atoms. The van der Waals surface area contributed by atoms with Crippen molar-refractivity contribution in [3.63, 3.8) is 0 Å². The lowest BCUT2D eigenvalue weighted by Crippen LogP contribution is -2.43. The highest BCUT2D eigenvalue weighted by Crippen LogP contribution is 2.48. The molecule has 1 atom stereocenters. The van der Waals surface area contributed by atoms with Crippen LogP contribution >= 0.6 is 0 Å². The van der Waals surface area contributed by atoms with Crippen molar-refractivity contribution < 1.29 is 9.53 Å². The number of ether oxygens (including phenoxy) is 1. The third-order valence-corrected chi connectivity index (χ3v) is 3.99. The Hall–Kier alpha value is -1.55. The average molecular weight is 276 g/mol. The van der Waals surface area contributed by atoms with Crippen molar-refractivity contribution in [1.82, 2.24) is 5.32 Å². The second kappa shape index (κ2) is 6.27. The fourth-order valence-corrected chi connectivity index (χ4v) is 2.64. The van der Waals surface area contributed by atoms with Crippen molar-refractivity contribution >= 4 is 11.6 Å². The van der Waals surface area contributed by atoms with Crippen molar-refractivity contribution in [2.24, 2.45) is 0 Å². The normalized spacial score (nSPS) is 17.5. The molecule has 1 aliphatic rings. The van der Waals surface area contributed by atoms with Gasteiger partial charge in [-0.15, -0.1) is 0 Å². The maximum Gasteiger partial charge on any atom is 0.230 e. The smallest absolute Gasteiger partial charge is 0.230 e. The molecule has 110 valence electrons. The Labute approximate surface area is 120 Å². The summed E-state index contributed by atoms with van der Waals surface area (Å²) in [5.74, 6) is 0.123. The number of carbonyl (C=O) groups excluding carboxylic acids is 1. The van der Waals surface area contributed by atoms with Crippen LogP contribution in [0.25, 0.3) is 0 Å². The van der Waals surface area contributed by atoms with E-state index in [0.29, 0.717) is 6.61 Å². The van der Waals surface area contributed by atoms with Crippen LogP contribution in [0.15, 0.2) is 24.3 Å². The summed E-state index contributed by atoms with van der Waals surface area (Å²) >= 11 is 0. The molecule has 1 aromatic rings. The van der Waals surface area contributed by atoms with Gasteiger partial charge in [0.1, 0.15) is 0 Å². The molecule has 0 radical (unpaired) electrons. The predicted molar refractivity (Wildman–Crippen MR) is 80.5 cm³/mol. The zero-order chi connectivity index (χ0) is 14.6. The van der Waals surface area contributed by atoms with Crippen LogP contribution in [0, 0.1) is 0 Å². The Morgan fingerprint density at radius 1 is 1.40 bits per heavy atom. The Morgan fingerprint density at radius 3 is 2.55 bits per heavy atom. The van der Waals surface area contributed by atoms with E-state index in [2.05, 4.69) is 12.2 Å². The highest BCUT2D eigenvalue weighted by atomic mass is 16.5. The van der Waals surface area contributed by atoms with E-state index < -0.39 is 0 Å². The van der Waals surface area contributed by atoms with Crippen LogP contribution in [-0.2, 0) is 14.9 Å². The number of nitrogens with one attached hydrogen (secondary N) is 1. The molecule has 1 fully saturated rings. The molecule has 0 saturated heterocycles. The van der Waals surface area contributed by atoms with Gasteiger partial charge in [-0.2, -0.15) is 0 Å². The third kappa shape index (κ3) is 3.12. The van der Waals surface area contributed by atoms with Crippen molar-refractivity contribution in [3.05, 3.63) is 29.8 Å². The second-order valence-electron chi connectivity index (χ2n) is 5.62. The predicted octanol–water partition coefficient (Wildman–Crippen LogP) is 2.23. The van der Waals surface area contributed by atoms with E-state index in [1.165, 1.54) is 0 Å². The van der Waals surface area contributed by atoms with Crippen LogP contribution in [0.2, 0.25) is 0 Å². The van der Waals surface area contributed by atoms with Gasteiger partial charge in [0.05, 0.1) is 18.1 Å². The minimum absolute atomic E-state index is 0.101. The number of hydrogen-bond donors (Lipinski definition) is 2. The summed E-state index contributed by atoms with van der Waals surface area (Å²) in [5.41, 5.74) is 7.17. The summed E-state index contributed by atoms with van der Waals surface area (Å²) in [7, 11) is 1.67. The maximum atomic E-state index is 12.6. The van der Waals surface area contributed by atoms with Gasteiger partial charge in [0.2, 0.25) is 5.91 Å². The minimum Gasteiger partial charge on any atom is -0.399 e. The summed E-state index contributed by atoms with van der Waals surface area (Å²) in [6.45, 7) is 2.68. The number of carbonyl (C=O) groups is 1. The van der Waals surface area contributed by atoms with E-state index in [0.717, 1.165) is 36.9 Å². The molecule has 0 aliphatic heterocycles. The monoisotopic (exact) mass is 276 g/mol. The summed E-state index contributed by atoms with van der Waals surface area (Å²) in [6, 6.07) is 7.76. The van der Waals surface area contributed by atoms with Gasteiger partial charge >= 0.3 is 0 Å². The second-order valence-corrected chi connectivity index (χ2v) is 5.62. The van der Waals surface area contributed by atoms with Crippen LogP contribution in [0.3, 0.4) is 0 Å². The van der Waals surface area contributed by atoms with Crippen LogP contribution in [0.4, 0.5) is 5.69 Å². The van der Waals surface area contributed by atoms with E-state index >= 15 is 0 Å². The molecule has 0 bridgehead atoms. The molecule has 0 spiro atoms. The van der Waals surface area contributed by atoms with E-state index in [1.807, 2.05) is 24.3 Å². The molecule has 4 nitrogen and oxygen atoms in total. The Kier molecular flexibility index (Phi) is 4.65. The van der Waals surface area contributed by atoms with Gasteiger partial charge in [-0.05, 0) is 37.0 Å². The number of methoxy groups -OCH3 is 1. The van der Waals surface area contributed by atoms with Gasteiger partial charge in [0.15, 0.2) is 0 Å². The Balaban J connectivity index is 2.05. The van der Waals surface area contributed by atoms with Gasteiger partial charge in [0, 0.05) is 12.8 Å². The van der Waals surface area contributed by atoms with E-state index in [4.69, 9.17) is 10.5 Å². The Morgan fingerprint density at radius 2 is 2.05 bits per heavy atom. The van der Waals surface area contributed by atoms with Crippen molar-refractivity contribution in [1.29, 1.82) is 0 Å². The first-order valence-corrected chi connectivity index (χ1v) is 7.28. The first-order valence-electron chi connectivity index (χ1n) is 7.28. The van der Waals surface area contributed by atoms with Gasteiger partial charge in [0.25, 0.3) is 0 Å². The molecule has 1 aliphatic carbocycles. The number of benzene rings is 1. The van der Waals surface area contributed by atoms with E-state index in [-0.39, 0.29) is 17.4 Å². The highest BCUT2D eigenvalue weighted by Gasteiger charge is 2.51. The lowest BCUT2D eigenvalue weighted by molar-refractivity contribution is -0.124. The van der Waals surface area contributed by atoms with Crippen LogP contribution in [0.1, 0.15) is 38.2 Å². The number of nitrogens with two attached hydrogens (primary N) is 1. The zero-order valence-corrected chi connectivity index (χ0v) is 12.3. The molecule has 1 aromatic carbocycles. The van der Waals surface area contributed by atoms with E-state index in [9.17, 15) is 4.79 Å². The van der Waals surface area contributed by atoms with Crippen molar-refractivity contribution in [3.8, 4) is 0 Å². The van der Waals surface area contributed by atoms with Gasteiger partial charge in [-0.3, -0.25) is 4.79 Å². The van der Waals surface area contributed by atoms with E-state index in [1.54, 1.807) is 7.11 Å². The molecule has 0 aromatic heterocycles. The van der Waals surface area contributed by atoms with Crippen LogP contribution < -0.4 is 11.1 Å². The summed E-state index contributed by atoms with van der Waals surface area (Å²) in [6.07, 6.45) is 3.80. The number of anilines is 1.